The van der Waals surface area contributed by atoms with E-state index >= 15 is 0 Å². The third-order valence-electron chi connectivity index (χ3n) is 3.16. The molecule has 10 heteroatoms. The molecule has 0 unspecified atom stereocenters. The first kappa shape index (κ1) is 17.2. The molecule has 3 aromatic rings. The fraction of sp³-hybridized carbons (Fsp3) is 0.200. The average molecular weight is 379 g/mol. The first-order valence-electron chi connectivity index (χ1n) is 7.25. The molecule has 2 N–H and O–H groups in total. The van der Waals surface area contributed by atoms with Crippen LogP contribution in [-0.4, -0.2) is 20.7 Å². The molecule has 0 fully saturated rings. The topological polar surface area (TPSA) is 85.0 Å². The number of hydrogen-bond donors (Lipinski definition) is 2. The van der Waals surface area contributed by atoms with Crippen molar-refractivity contribution in [3.05, 3.63) is 40.6 Å². The highest BCUT2D eigenvalue weighted by atomic mass is 32.1. The maximum Gasteiger partial charge on any atom is 0.289 e. The molecule has 0 spiro atoms. The number of thiazole rings is 1. The van der Waals surface area contributed by atoms with E-state index in [0.29, 0.717) is 21.6 Å². The number of anilines is 2. The minimum Gasteiger partial charge on any atom is -0.408 e. The van der Waals surface area contributed by atoms with Gasteiger partial charge in [-0.2, -0.15) is 0 Å². The van der Waals surface area contributed by atoms with E-state index in [9.17, 15) is 9.18 Å². The lowest BCUT2D eigenvalue weighted by atomic mass is 10.3. The van der Waals surface area contributed by atoms with Gasteiger partial charge in [0.05, 0.1) is 5.69 Å². The highest BCUT2D eigenvalue weighted by Gasteiger charge is 2.16. The zero-order valence-electron chi connectivity index (χ0n) is 13.4. The van der Waals surface area contributed by atoms with Gasteiger partial charge in [-0.1, -0.05) is 11.3 Å². The van der Waals surface area contributed by atoms with E-state index in [-0.39, 0.29) is 23.2 Å². The van der Waals surface area contributed by atoms with Crippen LogP contribution < -0.4 is 10.6 Å². The fourth-order valence-corrected chi connectivity index (χ4v) is 3.15. The Hall–Kier alpha value is -2.59. The van der Waals surface area contributed by atoms with Gasteiger partial charge in [-0.3, -0.25) is 4.79 Å². The lowest BCUT2D eigenvalue weighted by molar-refractivity contribution is -0.114. The minimum atomic E-state index is -0.304. The molecule has 0 aliphatic rings. The fourth-order valence-electron chi connectivity index (χ4n) is 2.03. The predicted molar refractivity (Wildman–Crippen MR) is 95.5 cm³/mol. The molecular weight excluding hydrogens is 365 g/mol. The van der Waals surface area contributed by atoms with E-state index in [4.69, 9.17) is 16.6 Å². The summed E-state index contributed by atoms with van der Waals surface area (Å²) in [7, 11) is 0. The van der Waals surface area contributed by atoms with Crippen LogP contribution in [-0.2, 0) is 11.5 Å². The lowest BCUT2D eigenvalue weighted by Gasteiger charge is -2.04. The van der Waals surface area contributed by atoms with Crippen LogP contribution in [0.2, 0.25) is 0 Å². The van der Waals surface area contributed by atoms with Crippen LogP contribution in [0, 0.1) is 17.6 Å². The number of carbonyl (C=O) groups is 1. The molecule has 0 saturated carbocycles. The first-order valence-corrected chi connectivity index (χ1v) is 8.47. The summed E-state index contributed by atoms with van der Waals surface area (Å²) in [5, 5.41) is 10.5. The highest BCUT2D eigenvalue weighted by Crippen LogP contribution is 2.31. The van der Waals surface area contributed by atoms with E-state index in [2.05, 4.69) is 20.7 Å². The van der Waals surface area contributed by atoms with Crippen molar-refractivity contribution in [2.24, 2.45) is 0 Å². The Kier molecular flexibility index (Phi) is 4.91. The Labute approximate surface area is 151 Å². The number of nitrogens with one attached hydrogen (secondary N) is 2. The van der Waals surface area contributed by atoms with E-state index in [0.717, 1.165) is 5.69 Å². The molecule has 2 aromatic heterocycles. The monoisotopic (exact) mass is 379 g/mol. The average Bonchev–Trinajstić information content (AvgIpc) is 3.09. The number of aryl methyl sites for hydroxylation is 1. The van der Waals surface area contributed by atoms with Crippen molar-refractivity contribution in [3.63, 3.8) is 0 Å². The van der Waals surface area contributed by atoms with Crippen LogP contribution in [0.15, 0.2) is 28.7 Å². The molecule has 1 amide bonds. The van der Waals surface area contributed by atoms with Gasteiger partial charge in [0.25, 0.3) is 10.7 Å². The second-order valence-corrected chi connectivity index (χ2v) is 6.48. The molecule has 1 aromatic carbocycles. The third kappa shape index (κ3) is 4.09. The molecule has 0 atom stereocenters. The van der Waals surface area contributed by atoms with E-state index < -0.39 is 0 Å². The Morgan fingerprint density at radius 3 is 2.80 bits per heavy atom. The molecule has 130 valence electrons. The van der Waals surface area contributed by atoms with E-state index in [1.54, 1.807) is 19.1 Å². The van der Waals surface area contributed by atoms with Crippen LogP contribution in [0.1, 0.15) is 12.6 Å². The molecule has 2 heterocycles. The van der Waals surface area contributed by atoms with Crippen LogP contribution in [0.4, 0.5) is 15.2 Å². The predicted octanol–water partition coefficient (Wildman–Crippen LogP) is 3.80. The van der Waals surface area contributed by atoms with Gasteiger partial charge in [0.1, 0.15) is 17.4 Å². The second-order valence-electron chi connectivity index (χ2n) is 5.13. The molecule has 25 heavy (non-hydrogen) atoms. The number of hydrogen-bond acceptors (Lipinski definition) is 7. The molecule has 0 saturated heterocycles. The quantitative estimate of drug-likeness (QED) is 0.656. The van der Waals surface area contributed by atoms with Crippen molar-refractivity contribution < 1.29 is 13.6 Å². The largest absolute Gasteiger partial charge is 0.408 e. The summed E-state index contributed by atoms with van der Waals surface area (Å²) < 4.78 is 19.9. The summed E-state index contributed by atoms with van der Waals surface area (Å²) >= 11 is 6.44. The Morgan fingerprint density at radius 1 is 1.40 bits per heavy atom. The number of amides is 1. The van der Waals surface area contributed by atoms with Crippen LogP contribution in [0.3, 0.4) is 0 Å². The Balaban J connectivity index is 1.78. The van der Waals surface area contributed by atoms with E-state index in [1.165, 1.54) is 35.1 Å². The van der Waals surface area contributed by atoms with Crippen molar-refractivity contribution in [3.8, 4) is 10.8 Å². The Bertz CT molecular complexity index is 961. The number of aromatic nitrogens is 3. The number of rotatable bonds is 5. The maximum absolute atomic E-state index is 12.9. The summed E-state index contributed by atoms with van der Waals surface area (Å²) in [5.74, 6) is -0.172. The number of halogens is 1. The molecule has 0 aliphatic heterocycles. The summed E-state index contributed by atoms with van der Waals surface area (Å²) in [5.41, 5.74) is 1.42. The van der Waals surface area contributed by atoms with Crippen LogP contribution in [0.25, 0.3) is 10.8 Å². The summed E-state index contributed by atoms with van der Waals surface area (Å²) in [4.78, 5) is 16.3. The molecular formula is C15H14FN5O2S2. The maximum atomic E-state index is 12.9. The van der Waals surface area contributed by atoms with Gasteiger partial charge in [0.2, 0.25) is 5.91 Å². The molecule has 3 rings (SSSR count). The Morgan fingerprint density at radius 2 is 2.12 bits per heavy atom. The molecule has 0 radical (unpaired) electrons. The summed E-state index contributed by atoms with van der Waals surface area (Å²) in [6.07, 6.45) is 0. The van der Waals surface area contributed by atoms with Crippen LogP contribution in [0.5, 0.6) is 0 Å². The van der Waals surface area contributed by atoms with E-state index in [1.807, 2.05) is 0 Å². The van der Waals surface area contributed by atoms with Gasteiger partial charge < -0.3 is 15.1 Å². The highest BCUT2D eigenvalue weighted by molar-refractivity contribution is 7.71. The molecule has 0 bridgehead atoms. The van der Waals surface area contributed by atoms with Gasteiger partial charge in [0.15, 0.2) is 5.13 Å². The van der Waals surface area contributed by atoms with Gasteiger partial charge in [-0.05, 0) is 43.4 Å². The second kappa shape index (κ2) is 7.11. The number of carbonyl (C=O) groups excluding carboxylic acids is 1. The smallest absolute Gasteiger partial charge is 0.289 e. The van der Waals surface area contributed by atoms with Gasteiger partial charge in [-0.15, -0.1) is 5.10 Å². The minimum absolute atomic E-state index is 0.193. The van der Waals surface area contributed by atoms with Crippen molar-refractivity contribution in [2.75, 3.05) is 10.6 Å². The van der Waals surface area contributed by atoms with Gasteiger partial charge in [0, 0.05) is 12.6 Å². The van der Waals surface area contributed by atoms with Gasteiger partial charge in [-0.25, -0.2) is 14.1 Å². The zero-order valence-corrected chi connectivity index (χ0v) is 15.0. The number of nitrogens with zero attached hydrogens (tertiary/aromatic N) is 3. The normalized spacial score (nSPS) is 10.7. The molecule has 7 nitrogen and oxygen atoms in total. The van der Waals surface area contributed by atoms with Crippen molar-refractivity contribution >= 4 is 40.3 Å². The standard InChI is InChI=1S/C15H14FN5O2S2/c1-8-12(25-14(18-8)19-9(2)22)13-20-21(15(24)23-13)7-17-11-5-3-10(16)4-6-11/h3-6,17H,7H2,1-2H3,(H,18,19,22). The third-order valence-corrected chi connectivity index (χ3v) is 4.51. The van der Waals surface area contributed by atoms with Crippen molar-refractivity contribution in [1.82, 2.24) is 14.8 Å². The lowest BCUT2D eigenvalue weighted by Crippen LogP contribution is -2.09. The van der Waals surface area contributed by atoms with Crippen molar-refractivity contribution in [2.45, 2.75) is 20.5 Å². The summed E-state index contributed by atoms with van der Waals surface area (Å²) in [6, 6.07) is 5.96. The zero-order chi connectivity index (χ0) is 18.0. The molecule has 0 aliphatic carbocycles. The summed E-state index contributed by atoms with van der Waals surface area (Å²) in [6.45, 7) is 3.48. The number of benzene rings is 1. The van der Waals surface area contributed by atoms with Gasteiger partial charge >= 0.3 is 0 Å². The van der Waals surface area contributed by atoms with Crippen molar-refractivity contribution in [1.29, 1.82) is 0 Å². The SMILES string of the molecule is CC(=O)Nc1nc(C)c(-c2nn(CNc3ccc(F)cc3)c(=S)o2)s1. The first-order chi connectivity index (χ1) is 11.9. The van der Waals surface area contributed by atoms with Crippen LogP contribution >= 0.6 is 23.6 Å².